The van der Waals surface area contributed by atoms with E-state index in [1.165, 1.54) is 5.57 Å². The largest absolute Gasteiger partial charge is 0.393 e. The summed E-state index contributed by atoms with van der Waals surface area (Å²) < 4.78 is 0. The van der Waals surface area contributed by atoms with E-state index in [9.17, 15) is 20.4 Å². The minimum atomic E-state index is -1.29. The smallest absolute Gasteiger partial charge is 0.0988 e. The second-order valence-electron chi connectivity index (χ2n) is 14.7. The molecule has 0 aromatic carbocycles. The van der Waals surface area contributed by atoms with Gasteiger partial charge in [0.2, 0.25) is 0 Å². The fourth-order valence-electron chi connectivity index (χ4n) is 10.3. The number of rotatable bonds is 4. The molecule has 0 spiro atoms. The first-order chi connectivity index (χ1) is 15.5. The van der Waals surface area contributed by atoms with Gasteiger partial charge in [-0.2, -0.15) is 0 Å². The number of aliphatic hydroxyl groups excluding tert-OH is 2. The maximum atomic E-state index is 12.2. The second-order valence-corrected chi connectivity index (χ2v) is 14.7. The number of hydrogen-bond donors (Lipinski definition) is 4. The Hall–Kier alpha value is -0.420. The molecule has 4 aliphatic rings. The van der Waals surface area contributed by atoms with Crippen LogP contribution in [0.1, 0.15) is 113 Å². The molecule has 0 radical (unpaired) electrons. The Kier molecular flexibility index (Phi) is 6.30. The molecule has 4 fully saturated rings. The lowest BCUT2D eigenvalue weighted by atomic mass is 9.35. The molecule has 4 saturated carbocycles. The minimum Gasteiger partial charge on any atom is -0.393 e. The third-order valence-electron chi connectivity index (χ3n) is 12.5. The molecule has 34 heavy (non-hydrogen) atoms. The van der Waals surface area contributed by atoms with Crippen LogP contribution in [0.3, 0.4) is 0 Å². The van der Waals surface area contributed by atoms with Crippen molar-refractivity contribution in [2.75, 3.05) is 0 Å². The zero-order valence-corrected chi connectivity index (χ0v) is 23.1. The molecule has 4 heteroatoms. The lowest BCUT2D eigenvalue weighted by Gasteiger charge is -2.70. The Bertz CT molecular complexity index is 828. The van der Waals surface area contributed by atoms with E-state index in [0.717, 1.165) is 38.5 Å². The van der Waals surface area contributed by atoms with Gasteiger partial charge in [-0.25, -0.2) is 0 Å². The molecule has 4 N–H and O–H groups in total. The molecule has 0 bridgehead atoms. The lowest BCUT2D eigenvalue weighted by molar-refractivity contribution is -0.271. The summed E-state index contributed by atoms with van der Waals surface area (Å²) in [5.41, 5.74) is -1.62. The first-order valence-electron chi connectivity index (χ1n) is 13.9. The van der Waals surface area contributed by atoms with Crippen molar-refractivity contribution in [2.24, 2.45) is 39.4 Å². The zero-order valence-electron chi connectivity index (χ0n) is 23.1. The van der Waals surface area contributed by atoms with Crippen molar-refractivity contribution in [1.82, 2.24) is 0 Å². The number of aliphatic hydroxyl groups is 4. The van der Waals surface area contributed by atoms with Gasteiger partial charge in [-0.15, -0.1) is 0 Å². The third kappa shape index (κ3) is 3.37. The van der Waals surface area contributed by atoms with Crippen molar-refractivity contribution >= 4 is 0 Å². The molecule has 0 aromatic rings. The minimum absolute atomic E-state index is 0.0129. The highest BCUT2D eigenvalue weighted by molar-refractivity contribution is 5.24. The van der Waals surface area contributed by atoms with Crippen molar-refractivity contribution < 1.29 is 20.4 Å². The summed E-state index contributed by atoms with van der Waals surface area (Å²) in [4.78, 5) is 0. The summed E-state index contributed by atoms with van der Waals surface area (Å²) >= 11 is 0. The second kappa shape index (κ2) is 8.04. The normalized spacial score (nSPS) is 51.6. The Morgan fingerprint density at radius 3 is 2.18 bits per heavy atom. The topological polar surface area (TPSA) is 80.9 Å². The van der Waals surface area contributed by atoms with E-state index in [4.69, 9.17) is 0 Å². The molecule has 4 nitrogen and oxygen atoms in total. The summed E-state index contributed by atoms with van der Waals surface area (Å²) in [7, 11) is 0. The van der Waals surface area contributed by atoms with E-state index in [1.54, 1.807) is 6.92 Å². The van der Waals surface area contributed by atoms with E-state index in [0.29, 0.717) is 31.1 Å². The molecule has 0 unspecified atom stereocenters. The van der Waals surface area contributed by atoms with Gasteiger partial charge in [0, 0.05) is 5.92 Å². The Morgan fingerprint density at radius 1 is 0.912 bits per heavy atom. The summed E-state index contributed by atoms with van der Waals surface area (Å²) in [6.45, 7) is 17.6. The van der Waals surface area contributed by atoms with Crippen molar-refractivity contribution in [2.45, 2.75) is 137 Å². The molecule has 0 aliphatic heterocycles. The van der Waals surface area contributed by atoms with Crippen LogP contribution >= 0.6 is 0 Å². The van der Waals surface area contributed by atoms with E-state index in [1.807, 2.05) is 0 Å². The highest BCUT2D eigenvalue weighted by Crippen LogP contribution is 2.76. The highest BCUT2D eigenvalue weighted by Gasteiger charge is 2.74. The number of hydrogen-bond acceptors (Lipinski definition) is 4. The van der Waals surface area contributed by atoms with Crippen molar-refractivity contribution in [3.05, 3.63) is 11.6 Å². The molecular weight excluding hydrogens is 424 g/mol. The summed E-state index contributed by atoms with van der Waals surface area (Å²) in [6, 6.07) is 0. The predicted octanol–water partition coefficient (Wildman–Crippen LogP) is 5.62. The molecule has 0 aromatic heterocycles. The Morgan fingerprint density at radius 2 is 1.56 bits per heavy atom. The van der Waals surface area contributed by atoms with Gasteiger partial charge >= 0.3 is 0 Å². The van der Waals surface area contributed by atoms with E-state index >= 15 is 0 Å². The molecule has 4 aliphatic carbocycles. The third-order valence-corrected chi connectivity index (χ3v) is 12.5. The molecule has 10 atom stereocenters. The van der Waals surface area contributed by atoms with Gasteiger partial charge in [0.15, 0.2) is 0 Å². The standard InChI is InChI=1S/C30H52O4/c1-19(2)10-9-13-29(8,33)30(34)17-16-28(7)24(30)20(31)18-22-26(5)14-12-23(32)25(3,4)21(26)11-15-27(22,28)6/h10,20-24,31-34H,9,11-18H2,1-8H3/t20-,21-,22-,23-,24+,26+,27-,28-,29+,30+/m1/s1. The van der Waals surface area contributed by atoms with Crippen LogP contribution in [0.4, 0.5) is 0 Å². The van der Waals surface area contributed by atoms with Crippen LogP contribution in [-0.4, -0.2) is 43.8 Å². The molecule has 0 amide bonds. The van der Waals surface area contributed by atoms with Crippen LogP contribution in [0, 0.1) is 39.4 Å². The van der Waals surface area contributed by atoms with Crippen LogP contribution in [0.25, 0.3) is 0 Å². The summed E-state index contributed by atoms with van der Waals surface area (Å²) in [5.74, 6) is 0.451. The van der Waals surface area contributed by atoms with Crippen molar-refractivity contribution in [3.8, 4) is 0 Å². The summed E-state index contributed by atoms with van der Waals surface area (Å²) in [5, 5.41) is 46.4. The maximum absolute atomic E-state index is 12.2. The molecule has 196 valence electrons. The number of allylic oxidation sites excluding steroid dienone is 2. The van der Waals surface area contributed by atoms with E-state index in [-0.39, 0.29) is 33.7 Å². The van der Waals surface area contributed by atoms with Crippen molar-refractivity contribution in [1.29, 1.82) is 0 Å². The van der Waals surface area contributed by atoms with Gasteiger partial charge in [0.05, 0.1) is 23.4 Å². The van der Waals surface area contributed by atoms with Gasteiger partial charge in [-0.1, -0.05) is 46.3 Å². The average molecular weight is 477 g/mol. The fourth-order valence-corrected chi connectivity index (χ4v) is 10.3. The molecule has 0 saturated heterocycles. The van der Waals surface area contributed by atoms with Crippen LogP contribution in [-0.2, 0) is 0 Å². The van der Waals surface area contributed by atoms with Crippen LogP contribution in [0.2, 0.25) is 0 Å². The maximum Gasteiger partial charge on any atom is 0.0988 e. The molecule has 4 rings (SSSR count). The quantitative estimate of drug-likeness (QED) is 0.397. The van der Waals surface area contributed by atoms with Crippen LogP contribution < -0.4 is 0 Å². The van der Waals surface area contributed by atoms with E-state index in [2.05, 4.69) is 54.5 Å². The Labute approximate surface area is 208 Å². The van der Waals surface area contributed by atoms with Gasteiger partial charge in [0.25, 0.3) is 0 Å². The Balaban J connectivity index is 1.71. The fraction of sp³-hybridized carbons (Fsp3) is 0.933. The van der Waals surface area contributed by atoms with Crippen LogP contribution in [0.15, 0.2) is 11.6 Å². The molecule has 0 heterocycles. The monoisotopic (exact) mass is 476 g/mol. The molecular formula is C30H52O4. The first-order valence-corrected chi connectivity index (χ1v) is 13.9. The zero-order chi connectivity index (χ0) is 25.5. The van der Waals surface area contributed by atoms with Crippen molar-refractivity contribution in [3.63, 3.8) is 0 Å². The first kappa shape index (κ1) is 26.6. The average Bonchev–Trinajstić information content (AvgIpc) is 3.02. The van der Waals surface area contributed by atoms with Gasteiger partial charge < -0.3 is 20.4 Å². The summed E-state index contributed by atoms with van der Waals surface area (Å²) in [6.07, 6.45) is 8.50. The SMILES string of the molecule is CC(C)=CCC[C@](C)(O)[C@]1(O)CC[C@]2(C)[C@@H]1[C@H](O)C[C@@H]1[C@@]3(C)CC[C@@H](O)C(C)(C)[C@H]3CC[C@]12C. The van der Waals surface area contributed by atoms with Gasteiger partial charge in [-0.3, -0.25) is 0 Å². The predicted molar refractivity (Wildman–Crippen MR) is 137 cm³/mol. The van der Waals surface area contributed by atoms with Gasteiger partial charge in [-0.05, 0) is 112 Å². The van der Waals surface area contributed by atoms with Gasteiger partial charge in [0.1, 0.15) is 0 Å². The lowest BCUT2D eigenvalue weighted by Crippen LogP contribution is -2.69. The van der Waals surface area contributed by atoms with E-state index < -0.39 is 17.3 Å². The highest BCUT2D eigenvalue weighted by atomic mass is 16.4. The van der Waals surface area contributed by atoms with Crippen LogP contribution in [0.5, 0.6) is 0 Å². The number of fused-ring (bicyclic) bond motifs is 5.